The van der Waals surface area contributed by atoms with Gasteiger partial charge in [-0.3, -0.25) is 14.5 Å². The summed E-state index contributed by atoms with van der Waals surface area (Å²) >= 11 is 0. The van der Waals surface area contributed by atoms with Crippen molar-refractivity contribution in [3.05, 3.63) is 78.0 Å². The lowest BCUT2D eigenvalue weighted by atomic mass is 10.1. The van der Waals surface area contributed by atoms with Crippen LogP contribution in [-0.2, 0) is 17.8 Å². The largest absolute Gasteiger partial charge is 0.373 e. The van der Waals surface area contributed by atoms with Crippen molar-refractivity contribution in [2.75, 3.05) is 33.3 Å². The SMILES string of the molecule is CN=C(NCc1ccc(-n2ccnc2C)nc1)N1CC2OCCN(Cc3ccccc3)C2C1.I. The molecule has 0 spiro atoms. The Balaban J connectivity index is 0.00000274. The summed E-state index contributed by atoms with van der Waals surface area (Å²) in [6, 6.07) is 15.2. The second kappa shape index (κ2) is 11.3. The molecule has 2 atom stereocenters. The van der Waals surface area contributed by atoms with E-state index in [9.17, 15) is 0 Å². The molecule has 0 bridgehead atoms. The number of ether oxygens (including phenoxy) is 1. The van der Waals surface area contributed by atoms with Crippen LogP contribution >= 0.6 is 24.0 Å². The molecule has 2 saturated heterocycles. The number of likely N-dealkylation sites (tertiary alicyclic amines) is 1. The van der Waals surface area contributed by atoms with E-state index in [2.05, 4.69) is 66.5 Å². The van der Waals surface area contributed by atoms with Crippen LogP contribution in [0.3, 0.4) is 0 Å². The molecule has 4 heterocycles. The molecule has 9 heteroatoms. The minimum Gasteiger partial charge on any atom is -0.373 e. The number of aliphatic imine (C=N–C) groups is 1. The van der Waals surface area contributed by atoms with Crippen LogP contribution in [0.1, 0.15) is 17.0 Å². The molecule has 2 fully saturated rings. The summed E-state index contributed by atoms with van der Waals surface area (Å²) in [6.45, 7) is 7.11. The van der Waals surface area contributed by atoms with Gasteiger partial charge in [0.2, 0.25) is 0 Å². The molecule has 0 amide bonds. The maximum absolute atomic E-state index is 6.13. The van der Waals surface area contributed by atoms with Crippen molar-refractivity contribution in [1.29, 1.82) is 0 Å². The molecule has 180 valence electrons. The maximum Gasteiger partial charge on any atom is 0.194 e. The fraction of sp³-hybridized carbons (Fsp3) is 0.400. The molecular formula is C25H32IN7O. The summed E-state index contributed by atoms with van der Waals surface area (Å²) in [4.78, 5) is 18.3. The third-order valence-corrected chi connectivity index (χ3v) is 6.49. The molecule has 1 N–H and O–H groups in total. The molecule has 5 rings (SSSR count). The summed E-state index contributed by atoms with van der Waals surface area (Å²) < 4.78 is 8.11. The topological polar surface area (TPSA) is 70.8 Å². The number of imidazole rings is 1. The van der Waals surface area contributed by atoms with E-state index in [-0.39, 0.29) is 30.1 Å². The first-order chi connectivity index (χ1) is 16.2. The van der Waals surface area contributed by atoms with Crippen LogP contribution in [-0.4, -0.2) is 75.7 Å². The van der Waals surface area contributed by atoms with Gasteiger partial charge < -0.3 is 15.0 Å². The van der Waals surface area contributed by atoms with Gasteiger partial charge >= 0.3 is 0 Å². The number of hydrogen-bond donors (Lipinski definition) is 1. The number of aromatic nitrogens is 3. The summed E-state index contributed by atoms with van der Waals surface area (Å²) in [5.74, 6) is 2.70. The Morgan fingerprint density at radius 1 is 1.12 bits per heavy atom. The number of benzene rings is 1. The normalized spacial score (nSPS) is 20.6. The predicted molar refractivity (Wildman–Crippen MR) is 144 cm³/mol. The number of nitrogens with zero attached hydrogens (tertiary/aromatic N) is 6. The Bertz CT molecular complexity index is 1090. The molecule has 8 nitrogen and oxygen atoms in total. The van der Waals surface area contributed by atoms with E-state index in [1.807, 2.05) is 37.0 Å². The van der Waals surface area contributed by atoms with Crippen LogP contribution in [0.2, 0.25) is 0 Å². The number of pyridine rings is 1. The number of aryl methyl sites for hydroxylation is 1. The molecule has 34 heavy (non-hydrogen) atoms. The minimum atomic E-state index is 0. The van der Waals surface area contributed by atoms with Gasteiger partial charge in [-0.2, -0.15) is 0 Å². The molecule has 0 saturated carbocycles. The van der Waals surface area contributed by atoms with Gasteiger partial charge in [0, 0.05) is 58.4 Å². The number of nitrogens with one attached hydrogen (secondary N) is 1. The number of rotatable bonds is 5. The number of guanidine groups is 1. The van der Waals surface area contributed by atoms with E-state index < -0.39 is 0 Å². The monoisotopic (exact) mass is 573 g/mol. The molecule has 2 unspecified atom stereocenters. The quantitative estimate of drug-likeness (QED) is 0.288. The van der Waals surface area contributed by atoms with Crippen molar-refractivity contribution in [2.45, 2.75) is 32.2 Å². The van der Waals surface area contributed by atoms with E-state index in [4.69, 9.17) is 4.74 Å². The van der Waals surface area contributed by atoms with Gasteiger partial charge in [0.05, 0.1) is 18.8 Å². The second-order valence-electron chi connectivity index (χ2n) is 8.61. The van der Waals surface area contributed by atoms with Gasteiger partial charge in [-0.1, -0.05) is 36.4 Å². The van der Waals surface area contributed by atoms with Gasteiger partial charge in [-0.05, 0) is 24.1 Å². The van der Waals surface area contributed by atoms with Crippen molar-refractivity contribution in [3.8, 4) is 5.82 Å². The van der Waals surface area contributed by atoms with Crippen LogP contribution in [0.15, 0.2) is 66.0 Å². The number of hydrogen-bond acceptors (Lipinski definition) is 5. The van der Waals surface area contributed by atoms with Gasteiger partial charge in [0.1, 0.15) is 11.6 Å². The highest BCUT2D eigenvalue weighted by atomic mass is 127. The van der Waals surface area contributed by atoms with Crippen molar-refractivity contribution in [3.63, 3.8) is 0 Å². The summed E-state index contributed by atoms with van der Waals surface area (Å²) in [5, 5.41) is 3.51. The van der Waals surface area contributed by atoms with Crippen molar-refractivity contribution in [1.82, 2.24) is 29.7 Å². The third-order valence-electron chi connectivity index (χ3n) is 6.49. The molecule has 0 aliphatic carbocycles. The lowest BCUT2D eigenvalue weighted by Crippen LogP contribution is -2.50. The Morgan fingerprint density at radius 2 is 1.97 bits per heavy atom. The molecule has 2 aliphatic rings. The highest BCUT2D eigenvalue weighted by molar-refractivity contribution is 14.0. The Labute approximate surface area is 218 Å². The van der Waals surface area contributed by atoms with Crippen molar-refractivity contribution < 1.29 is 4.74 Å². The Morgan fingerprint density at radius 3 is 2.68 bits per heavy atom. The minimum absolute atomic E-state index is 0. The van der Waals surface area contributed by atoms with Crippen molar-refractivity contribution in [2.24, 2.45) is 4.99 Å². The van der Waals surface area contributed by atoms with Gasteiger partial charge in [0.25, 0.3) is 0 Å². The molecule has 2 aromatic heterocycles. The highest BCUT2D eigenvalue weighted by Gasteiger charge is 2.41. The van der Waals surface area contributed by atoms with Gasteiger partial charge in [0.15, 0.2) is 5.96 Å². The first-order valence-corrected chi connectivity index (χ1v) is 11.5. The molecule has 0 radical (unpaired) electrons. The van der Waals surface area contributed by atoms with Crippen molar-refractivity contribution >= 4 is 29.9 Å². The van der Waals surface area contributed by atoms with Crippen LogP contribution < -0.4 is 5.32 Å². The zero-order valence-electron chi connectivity index (χ0n) is 19.7. The fourth-order valence-corrected chi connectivity index (χ4v) is 4.74. The molecular weight excluding hydrogens is 541 g/mol. The summed E-state index contributed by atoms with van der Waals surface area (Å²) in [6.07, 6.45) is 5.83. The van der Waals surface area contributed by atoms with Gasteiger partial charge in [-0.15, -0.1) is 24.0 Å². The highest BCUT2D eigenvalue weighted by Crippen LogP contribution is 2.24. The number of morpholine rings is 1. The first kappa shape index (κ1) is 24.6. The molecule has 1 aromatic carbocycles. The standard InChI is InChI=1S/C25H31N7O.HI/c1-19-27-10-11-32(19)24-9-8-21(14-28-24)15-29-25(26-2)31-17-22-23(18-31)33-13-12-30(22)16-20-6-4-3-5-7-20;/h3-11,14,22-23H,12-13,15-18H2,1-2H3,(H,26,29);1H. The zero-order valence-corrected chi connectivity index (χ0v) is 22.0. The van der Waals surface area contributed by atoms with E-state index in [1.165, 1.54) is 5.56 Å². The molecule has 3 aromatic rings. The van der Waals surface area contributed by atoms with Crippen LogP contribution in [0, 0.1) is 6.92 Å². The van der Waals surface area contributed by atoms with Crippen LogP contribution in [0.5, 0.6) is 0 Å². The summed E-state index contributed by atoms with van der Waals surface area (Å²) in [7, 11) is 1.84. The average Bonchev–Trinajstić information content (AvgIpc) is 3.47. The molecule has 2 aliphatic heterocycles. The van der Waals surface area contributed by atoms with E-state index in [0.717, 1.165) is 56.0 Å². The van der Waals surface area contributed by atoms with E-state index in [0.29, 0.717) is 12.6 Å². The van der Waals surface area contributed by atoms with E-state index >= 15 is 0 Å². The Hall–Kier alpha value is -2.50. The van der Waals surface area contributed by atoms with Gasteiger partial charge in [-0.25, -0.2) is 9.97 Å². The Kier molecular flexibility index (Phi) is 8.17. The average molecular weight is 573 g/mol. The lowest BCUT2D eigenvalue weighted by molar-refractivity contribution is -0.0502. The van der Waals surface area contributed by atoms with E-state index in [1.54, 1.807) is 6.20 Å². The first-order valence-electron chi connectivity index (χ1n) is 11.5. The summed E-state index contributed by atoms with van der Waals surface area (Å²) in [5.41, 5.74) is 2.46. The maximum atomic E-state index is 6.13. The number of halogens is 1. The second-order valence-corrected chi connectivity index (χ2v) is 8.61. The van der Waals surface area contributed by atoms with Crippen LogP contribution in [0.4, 0.5) is 0 Å². The third kappa shape index (κ3) is 5.42. The number of fused-ring (bicyclic) bond motifs is 1. The fourth-order valence-electron chi connectivity index (χ4n) is 4.74. The van der Waals surface area contributed by atoms with Crippen LogP contribution in [0.25, 0.3) is 5.82 Å². The zero-order chi connectivity index (χ0) is 22.6. The lowest BCUT2D eigenvalue weighted by Gasteiger charge is -2.36. The smallest absolute Gasteiger partial charge is 0.194 e. The predicted octanol–water partition coefficient (Wildman–Crippen LogP) is 2.85.